The van der Waals surface area contributed by atoms with Crippen LogP contribution in [-0.4, -0.2) is 46.6 Å². The third-order valence-electron chi connectivity index (χ3n) is 5.24. The highest BCUT2D eigenvalue weighted by Crippen LogP contribution is 2.29. The molecule has 0 aliphatic carbocycles. The normalized spacial score (nSPS) is 14.6. The number of halogens is 1. The van der Waals surface area contributed by atoms with Crippen molar-refractivity contribution >= 4 is 33.8 Å². The van der Waals surface area contributed by atoms with E-state index < -0.39 is 36.9 Å². The van der Waals surface area contributed by atoms with E-state index in [2.05, 4.69) is 5.32 Å². The van der Waals surface area contributed by atoms with Crippen LogP contribution in [0.5, 0.6) is 0 Å². The summed E-state index contributed by atoms with van der Waals surface area (Å²) in [6, 6.07) is 14.2. The lowest BCUT2D eigenvalue weighted by Crippen LogP contribution is -2.50. The molecule has 0 aliphatic rings. The summed E-state index contributed by atoms with van der Waals surface area (Å²) in [6.07, 6.45) is -2.71. The lowest BCUT2D eigenvalue weighted by molar-refractivity contribution is -0.133. The maximum atomic E-state index is 13.1. The highest BCUT2D eigenvalue weighted by Gasteiger charge is 2.31. The zero-order valence-electron chi connectivity index (χ0n) is 17.3. The van der Waals surface area contributed by atoms with Crippen LogP contribution < -0.4 is 5.32 Å². The number of carbonyl (C=O) groups is 2. The number of benzene rings is 2. The molecule has 2 aromatic carbocycles. The summed E-state index contributed by atoms with van der Waals surface area (Å²) in [5.74, 6) is -0.875. The Bertz CT molecular complexity index is 993. The number of aliphatic hydroxyl groups excluding tert-OH is 1. The van der Waals surface area contributed by atoms with Gasteiger partial charge in [0.1, 0.15) is 12.8 Å². The molecule has 30 heavy (non-hydrogen) atoms. The van der Waals surface area contributed by atoms with Gasteiger partial charge in [-0.2, -0.15) is 0 Å². The molecule has 2 N–H and O–H groups in total. The molecule has 0 bridgehead atoms. The number of rotatable bonds is 7. The molecule has 0 saturated carbocycles. The van der Waals surface area contributed by atoms with E-state index in [9.17, 15) is 19.1 Å². The molecule has 1 amide bonds. The first-order chi connectivity index (χ1) is 14.4. The van der Waals surface area contributed by atoms with Gasteiger partial charge in [-0.1, -0.05) is 57.2 Å². The van der Waals surface area contributed by atoms with E-state index in [-0.39, 0.29) is 5.92 Å². The van der Waals surface area contributed by atoms with E-state index in [1.807, 2.05) is 48.5 Å². The van der Waals surface area contributed by atoms with Gasteiger partial charge in [0.2, 0.25) is 0 Å². The van der Waals surface area contributed by atoms with Crippen LogP contribution in [0.15, 0.2) is 48.5 Å². The van der Waals surface area contributed by atoms with Gasteiger partial charge < -0.3 is 15.2 Å². The molecular weight excluding hydrogens is 387 g/mol. The SMILES string of the molecule is CCC(NC(=O)C(OC(=O)n1c2ccccc2c2ccccc21)C(C)C)C(O)CF. The Hall–Kier alpha value is -2.93. The second-order valence-electron chi connectivity index (χ2n) is 7.66. The third-order valence-corrected chi connectivity index (χ3v) is 5.24. The number of alkyl halides is 1. The van der Waals surface area contributed by atoms with Gasteiger partial charge in [0.05, 0.1) is 17.1 Å². The second-order valence-corrected chi connectivity index (χ2v) is 7.66. The van der Waals surface area contributed by atoms with Crippen LogP contribution >= 0.6 is 0 Å². The standard InChI is InChI=1S/C23H27FN2O4/c1-4-17(20(27)13-24)25-22(28)21(14(2)3)30-23(29)26-18-11-7-5-9-15(18)16-10-6-8-12-19(16)26/h5-12,14,17,20-21,27H,4,13H2,1-3H3,(H,25,28). The molecule has 1 aromatic heterocycles. The number of amides is 1. The Balaban J connectivity index is 1.91. The van der Waals surface area contributed by atoms with Crippen LogP contribution in [0.25, 0.3) is 21.8 Å². The third kappa shape index (κ3) is 4.16. The average molecular weight is 414 g/mol. The number of hydrogen-bond acceptors (Lipinski definition) is 4. The van der Waals surface area contributed by atoms with Crippen molar-refractivity contribution in [3.63, 3.8) is 0 Å². The summed E-state index contributed by atoms with van der Waals surface area (Å²) in [4.78, 5) is 25.9. The Morgan fingerprint density at radius 3 is 2.07 bits per heavy atom. The molecule has 7 heteroatoms. The smallest absolute Gasteiger partial charge is 0.419 e. The van der Waals surface area contributed by atoms with Gasteiger partial charge in [0, 0.05) is 10.8 Å². The molecule has 3 rings (SSSR count). The largest absolute Gasteiger partial charge is 0.435 e. The summed E-state index contributed by atoms with van der Waals surface area (Å²) in [5.41, 5.74) is 1.37. The van der Waals surface area contributed by atoms with Gasteiger partial charge in [-0.05, 0) is 24.5 Å². The van der Waals surface area contributed by atoms with Crippen molar-refractivity contribution in [2.24, 2.45) is 5.92 Å². The van der Waals surface area contributed by atoms with Crippen molar-refractivity contribution in [2.45, 2.75) is 45.4 Å². The summed E-state index contributed by atoms with van der Waals surface area (Å²) in [7, 11) is 0. The zero-order chi connectivity index (χ0) is 21.8. The number of para-hydroxylation sites is 2. The first-order valence-electron chi connectivity index (χ1n) is 10.1. The molecule has 1 heterocycles. The molecule has 3 unspecified atom stereocenters. The first kappa shape index (κ1) is 21.8. The first-order valence-corrected chi connectivity index (χ1v) is 10.1. The topological polar surface area (TPSA) is 80.6 Å². The van der Waals surface area contributed by atoms with Crippen LogP contribution in [0.1, 0.15) is 27.2 Å². The Kier molecular flexibility index (Phi) is 6.72. The molecule has 3 atom stereocenters. The zero-order valence-corrected chi connectivity index (χ0v) is 17.3. The number of carbonyl (C=O) groups excluding carboxylic acids is 2. The number of ether oxygens (including phenoxy) is 1. The number of aromatic nitrogens is 1. The number of fused-ring (bicyclic) bond motifs is 3. The molecule has 0 saturated heterocycles. The molecule has 0 spiro atoms. The van der Waals surface area contributed by atoms with Crippen LogP contribution in [0.2, 0.25) is 0 Å². The predicted octanol–water partition coefficient (Wildman–Crippen LogP) is 4.03. The molecule has 0 radical (unpaired) electrons. The Labute approximate surface area is 174 Å². The Morgan fingerprint density at radius 2 is 1.60 bits per heavy atom. The number of hydrogen-bond donors (Lipinski definition) is 2. The Morgan fingerprint density at radius 1 is 1.07 bits per heavy atom. The van der Waals surface area contributed by atoms with Crippen molar-refractivity contribution in [2.75, 3.05) is 6.67 Å². The molecule has 160 valence electrons. The minimum atomic E-state index is -1.31. The number of nitrogens with zero attached hydrogens (tertiary/aromatic N) is 1. The molecule has 0 fully saturated rings. The van der Waals surface area contributed by atoms with Crippen molar-refractivity contribution in [3.05, 3.63) is 48.5 Å². The fourth-order valence-corrected chi connectivity index (χ4v) is 3.62. The number of nitrogens with one attached hydrogen (secondary N) is 1. The van der Waals surface area contributed by atoms with Crippen molar-refractivity contribution in [3.8, 4) is 0 Å². The maximum absolute atomic E-state index is 13.1. The summed E-state index contributed by atoms with van der Waals surface area (Å²) in [6.45, 7) is 4.29. The number of aliphatic hydroxyl groups is 1. The fourth-order valence-electron chi connectivity index (χ4n) is 3.62. The second kappa shape index (κ2) is 9.26. The monoisotopic (exact) mass is 414 g/mol. The highest BCUT2D eigenvalue weighted by molar-refractivity contribution is 6.12. The molecular formula is C23H27FN2O4. The molecule has 0 aliphatic heterocycles. The van der Waals surface area contributed by atoms with E-state index >= 15 is 0 Å². The van der Waals surface area contributed by atoms with Crippen LogP contribution in [0, 0.1) is 5.92 Å². The molecule has 6 nitrogen and oxygen atoms in total. The van der Waals surface area contributed by atoms with E-state index in [0.717, 1.165) is 10.8 Å². The van der Waals surface area contributed by atoms with E-state index in [4.69, 9.17) is 4.74 Å². The van der Waals surface area contributed by atoms with Crippen LogP contribution in [0.4, 0.5) is 9.18 Å². The van der Waals surface area contributed by atoms with Gasteiger partial charge in [-0.25, -0.2) is 13.8 Å². The van der Waals surface area contributed by atoms with Crippen LogP contribution in [0.3, 0.4) is 0 Å². The lowest BCUT2D eigenvalue weighted by Gasteiger charge is -2.26. The van der Waals surface area contributed by atoms with E-state index in [1.54, 1.807) is 20.8 Å². The lowest BCUT2D eigenvalue weighted by atomic mass is 10.0. The maximum Gasteiger partial charge on any atom is 0.419 e. The van der Waals surface area contributed by atoms with Crippen LogP contribution in [-0.2, 0) is 9.53 Å². The van der Waals surface area contributed by atoms with Crippen molar-refractivity contribution in [1.29, 1.82) is 0 Å². The minimum Gasteiger partial charge on any atom is -0.435 e. The summed E-state index contributed by atoms with van der Waals surface area (Å²) < 4.78 is 19.9. The van der Waals surface area contributed by atoms with Gasteiger partial charge in [-0.3, -0.25) is 4.79 Å². The van der Waals surface area contributed by atoms with E-state index in [0.29, 0.717) is 17.5 Å². The minimum absolute atomic E-state index is 0.318. The van der Waals surface area contributed by atoms with Gasteiger partial charge >= 0.3 is 6.09 Å². The highest BCUT2D eigenvalue weighted by atomic mass is 19.1. The van der Waals surface area contributed by atoms with Gasteiger partial charge in [0.15, 0.2) is 6.10 Å². The van der Waals surface area contributed by atoms with Gasteiger partial charge in [-0.15, -0.1) is 0 Å². The fraction of sp³-hybridized carbons (Fsp3) is 0.391. The summed E-state index contributed by atoms with van der Waals surface area (Å²) >= 11 is 0. The predicted molar refractivity (Wildman–Crippen MR) is 114 cm³/mol. The quantitative estimate of drug-likeness (QED) is 0.612. The molecule has 3 aromatic rings. The summed E-state index contributed by atoms with van der Waals surface area (Å²) in [5, 5.41) is 14.2. The average Bonchev–Trinajstić information content (AvgIpc) is 3.09. The van der Waals surface area contributed by atoms with Crippen molar-refractivity contribution < 1.29 is 23.8 Å². The van der Waals surface area contributed by atoms with E-state index in [1.165, 1.54) is 4.57 Å². The van der Waals surface area contributed by atoms with Gasteiger partial charge in [0.25, 0.3) is 5.91 Å². The van der Waals surface area contributed by atoms with Crippen molar-refractivity contribution in [1.82, 2.24) is 9.88 Å².